The van der Waals surface area contributed by atoms with Crippen molar-refractivity contribution < 1.29 is 72.2 Å². The summed E-state index contributed by atoms with van der Waals surface area (Å²) in [6, 6.07) is -14.0. The van der Waals surface area contributed by atoms with Crippen LogP contribution < -0.4 is 77.4 Å². The fraction of sp³-hybridized carbons (Fsp3) is 0.703. The SMILES string of the molecule is NCCCC[C@H](NC(=O)[C@H](CCC(N)=O)NC(=O)[C@H](CCC(N)=O)NC(=O)[C@@H]1CCCN1)C(=O)N1CCC[C@H]1C(=O)N1CCC[C@H]1C(=O)N[C@@H](CCCN=C(N)N)C(=O)N1CCC[C@H]1C(=O)N1CCC[C@H]1C(=O)N[C@@H](Cc1cnc[nH]1)C(=O)N1CCC[C@H]1C(=O)N[C@@H](CCCN=C(N)N)C(=O)O. The van der Waals surface area contributed by atoms with Gasteiger partial charge in [-0.1, -0.05) is 0 Å². The van der Waals surface area contributed by atoms with Crippen LogP contribution in [0.25, 0.3) is 0 Å². The lowest BCUT2D eigenvalue weighted by Gasteiger charge is -2.35. The average molecular weight is 1430 g/mol. The number of aromatic amines is 1. The third kappa shape index (κ3) is 22.4. The van der Waals surface area contributed by atoms with E-state index in [0.29, 0.717) is 70.0 Å². The quantitative estimate of drug-likeness (QED) is 0.0166. The number of unbranched alkanes of at least 4 members (excludes halogenated alkanes) is 1. The van der Waals surface area contributed by atoms with Crippen LogP contribution >= 0.6 is 0 Å². The van der Waals surface area contributed by atoms with Gasteiger partial charge in [0.25, 0.3) is 0 Å². The number of carboxylic acid groups (broad SMARTS) is 1. The topological polar surface area (TPSA) is 595 Å². The van der Waals surface area contributed by atoms with Crippen molar-refractivity contribution in [1.29, 1.82) is 0 Å². The van der Waals surface area contributed by atoms with Crippen LogP contribution in [0.4, 0.5) is 0 Å². The summed E-state index contributed by atoms with van der Waals surface area (Å²) in [6.45, 7) is 1.54. The van der Waals surface area contributed by atoms with Crippen molar-refractivity contribution in [3.05, 3.63) is 18.2 Å². The Morgan fingerprint density at radius 2 is 0.873 bits per heavy atom. The first kappa shape index (κ1) is 79.6. The average Bonchev–Trinajstić information content (AvgIpc) is 1.62. The van der Waals surface area contributed by atoms with E-state index in [-0.39, 0.29) is 161 Å². The number of nitrogens with one attached hydrogen (secondary N) is 8. The van der Waals surface area contributed by atoms with Crippen molar-refractivity contribution in [1.82, 2.24) is 71.7 Å². The van der Waals surface area contributed by atoms with E-state index in [2.05, 4.69) is 57.2 Å². The number of hydrogen-bond donors (Lipinski definition) is 16. The van der Waals surface area contributed by atoms with Crippen LogP contribution in [-0.4, -0.2) is 266 Å². The fourth-order valence-corrected chi connectivity index (χ4v) is 14.2. The zero-order valence-corrected chi connectivity index (χ0v) is 57.7. The maximum absolute atomic E-state index is 15.0. The van der Waals surface area contributed by atoms with Crippen molar-refractivity contribution in [2.45, 2.75) is 227 Å². The van der Waals surface area contributed by atoms with Gasteiger partial charge >= 0.3 is 5.97 Å². The highest BCUT2D eigenvalue weighted by Gasteiger charge is 2.48. The van der Waals surface area contributed by atoms with Crippen molar-refractivity contribution in [3.63, 3.8) is 0 Å². The summed E-state index contributed by atoms with van der Waals surface area (Å²) in [6.07, 6.45) is 6.88. The van der Waals surface area contributed by atoms with Gasteiger partial charge in [-0.15, -0.1) is 0 Å². The molecule has 23 N–H and O–H groups in total. The van der Waals surface area contributed by atoms with E-state index in [1.165, 1.54) is 37.0 Å². The minimum Gasteiger partial charge on any atom is -0.480 e. The molecule has 564 valence electrons. The summed E-state index contributed by atoms with van der Waals surface area (Å²) >= 11 is 0. The number of carbonyl (C=O) groups excluding carboxylic acids is 13. The number of rotatable bonds is 38. The Labute approximate surface area is 590 Å². The monoisotopic (exact) mass is 1430 g/mol. The predicted molar refractivity (Wildman–Crippen MR) is 366 cm³/mol. The maximum Gasteiger partial charge on any atom is 0.326 e. The van der Waals surface area contributed by atoms with Crippen LogP contribution in [-0.2, 0) is 73.5 Å². The molecule has 7 rings (SSSR count). The van der Waals surface area contributed by atoms with E-state index in [1.54, 1.807) is 0 Å². The number of primary amides is 2. The summed E-state index contributed by atoms with van der Waals surface area (Å²) in [5.74, 6) is -10.5. The number of aromatic nitrogens is 2. The highest BCUT2D eigenvalue weighted by atomic mass is 16.4. The maximum atomic E-state index is 15.0. The number of guanidine groups is 2. The second kappa shape index (κ2) is 38.9. The molecule has 6 aliphatic heterocycles. The molecule has 0 radical (unpaired) electrons. The molecule has 38 nitrogen and oxygen atoms in total. The fourth-order valence-electron chi connectivity index (χ4n) is 14.2. The number of carboxylic acids is 1. The molecule has 0 unspecified atom stereocenters. The van der Waals surface area contributed by atoms with E-state index in [4.69, 9.17) is 40.1 Å². The number of hydrogen-bond acceptors (Lipinski definition) is 19. The number of aliphatic carboxylic acids is 1. The Hall–Kier alpha value is -9.75. The van der Waals surface area contributed by atoms with Crippen molar-refractivity contribution in [2.24, 2.45) is 50.1 Å². The Bertz CT molecular complexity index is 3210. The molecule has 7 heterocycles. The first-order valence-electron chi connectivity index (χ1n) is 35.4. The number of imidazole rings is 1. The Balaban J connectivity index is 1.03. The molecule has 1 aromatic heterocycles. The zero-order chi connectivity index (χ0) is 74.2. The van der Waals surface area contributed by atoms with Crippen molar-refractivity contribution in [3.8, 4) is 0 Å². The molecule has 0 bridgehead atoms. The van der Waals surface area contributed by atoms with Gasteiger partial charge in [0.15, 0.2) is 11.9 Å². The van der Waals surface area contributed by atoms with Gasteiger partial charge in [-0.25, -0.2) is 9.78 Å². The van der Waals surface area contributed by atoms with E-state index >= 15 is 4.79 Å². The van der Waals surface area contributed by atoms with Crippen LogP contribution in [0.2, 0.25) is 0 Å². The molecular weight excluding hydrogens is 1330 g/mol. The molecule has 6 fully saturated rings. The van der Waals surface area contributed by atoms with Crippen molar-refractivity contribution >= 4 is 94.7 Å². The van der Waals surface area contributed by atoms with Crippen LogP contribution in [0.1, 0.15) is 153 Å². The van der Waals surface area contributed by atoms with E-state index in [1.807, 2.05) is 0 Å². The van der Waals surface area contributed by atoms with Crippen LogP contribution in [0.3, 0.4) is 0 Å². The molecule has 0 spiro atoms. The summed E-state index contributed by atoms with van der Waals surface area (Å²) < 4.78 is 0. The highest BCUT2D eigenvalue weighted by molar-refractivity contribution is 6.00. The standard InChI is InChI=1S/C64H103N23O15/c65-24-2-1-11-40(79-53(92)39(21-23-50(67)89)78-52(91)38(20-22-49(66)88)77-51(90)37-12-3-25-73-37)57(96)86-31-9-18-47(86)60(99)84-29-7-16-45(84)54(93)80-41(13-4-26-74-63(68)69)58(97)87-32-10-19-48(87)61(100)85-30-8-17-46(85)56(95)82-43(33-36-34-72-35-76-36)59(98)83-28-6-15-44(83)55(94)81-42(62(101)102)14-5-27-75-64(70)71/h34-35,37-48,73H,1-33,65H2,(H2,66,88)(H2,67,89)(H,72,76)(H,77,90)(H,78,91)(H,79,92)(H,80,93)(H,81,94)(H,82,95)(H,101,102)(H4,68,69,74)(H4,70,71,75)/t37-,38-,39-,40-,41-,42-,43-,44-,45-,46-,47-,48-/m0/s1. The predicted octanol–water partition coefficient (Wildman–Crippen LogP) is -6.58. The Morgan fingerprint density at radius 3 is 1.32 bits per heavy atom. The molecule has 12 atom stereocenters. The van der Waals surface area contributed by atoms with E-state index in [0.717, 1.165) is 0 Å². The lowest BCUT2D eigenvalue weighted by Crippen LogP contribution is -2.60. The molecule has 38 heteroatoms. The van der Waals surface area contributed by atoms with Gasteiger partial charge in [0.05, 0.1) is 12.4 Å². The van der Waals surface area contributed by atoms with E-state index in [9.17, 15) is 67.4 Å². The molecule has 0 aliphatic carbocycles. The van der Waals surface area contributed by atoms with Crippen LogP contribution in [0.5, 0.6) is 0 Å². The van der Waals surface area contributed by atoms with Crippen molar-refractivity contribution in [2.75, 3.05) is 58.9 Å². The highest BCUT2D eigenvalue weighted by Crippen LogP contribution is 2.30. The number of H-pyrrole nitrogens is 1. The second-order valence-corrected chi connectivity index (χ2v) is 26.8. The number of nitrogens with two attached hydrogens (primary N) is 7. The Morgan fingerprint density at radius 1 is 0.471 bits per heavy atom. The summed E-state index contributed by atoms with van der Waals surface area (Å²) in [7, 11) is 0. The van der Waals surface area contributed by atoms with Crippen LogP contribution in [0.15, 0.2) is 22.5 Å². The van der Waals surface area contributed by atoms with Gasteiger partial charge in [-0.05, 0) is 148 Å². The molecular formula is C64H103N23O15. The lowest BCUT2D eigenvalue weighted by molar-refractivity contribution is -0.150. The van der Waals surface area contributed by atoms with Gasteiger partial charge in [-0.3, -0.25) is 72.3 Å². The largest absolute Gasteiger partial charge is 0.480 e. The number of nitrogens with zero attached hydrogens (tertiary/aromatic N) is 8. The van der Waals surface area contributed by atoms with Gasteiger partial charge in [0.2, 0.25) is 76.8 Å². The van der Waals surface area contributed by atoms with Gasteiger partial charge in [0.1, 0.15) is 66.5 Å². The number of likely N-dealkylation sites (tertiary alicyclic amines) is 5. The molecule has 102 heavy (non-hydrogen) atoms. The van der Waals surface area contributed by atoms with Gasteiger partial charge in [-0.2, -0.15) is 0 Å². The first-order valence-corrected chi connectivity index (χ1v) is 35.4. The minimum atomic E-state index is -1.48. The molecule has 1 aromatic rings. The van der Waals surface area contributed by atoms with Gasteiger partial charge < -0.3 is 112 Å². The second-order valence-electron chi connectivity index (χ2n) is 26.8. The normalized spacial score (nSPS) is 21.9. The molecule has 0 aromatic carbocycles. The summed E-state index contributed by atoms with van der Waals surface area (Å²) in [5.41, 5.74) is 39.3. The molecule has 6 saturated heterocycles. The zero-order valence-electron chi connectivity index (χ0n) is 57.7. The van der Waals surface area contributed by atoms with Crippen LogP contribution in [0, 0.1) is 0 Å². The van der Waals surface area contributed by atoms with Gasteiger partial charge in [0, 0.05) is 77.0 Å². The smallest absolute Gasteiger partial charge is 0.326 e. The number of aliphatic imine (C=N–C) groups is 2. The summed E-state index contributed by atoms with van der Waals surface area (Å²) in [5, 5.41) is 29.2. The Kier molecular flexibility index (Phi) is 30.3. The minimum absolute atomic E-state index is 0.00337. The lowest BCUT2D eigenvalue weighted by atomic mass is 10.0. The first-order chi connectivity index (χ1) is 48.8. The molecule has 0 saturated carbocycles. The number of carbonyl (C=O) groups is 14. The molecule has 13 amide bonds. The third-order valence-corrected chi connectivity index (χ3v) is 19.4. The van der Waals surface area contributed by atoms with E-state index < -0.39 is 155 Å². The number of amides is 13. The molecule has 6 aliphatic rings. The summed E-state index contributed by atoms with van der Waals surface area (Å²) in [4.78, 5) is 217. The third-order valence-electron chi connectivity index (χ3n) is 19.4.